The number of nitrogens with one attached hydrogen (secondary N) is 1. The van der Waals surface area contributed by atoms with E-state index >= 15 is 0 Å². The first-order chi connectivity index (χ1) is 16.7. The number of carbonyl (C=O) groups excluding carboxylic acids is 1. The predicted octanol–water partition coefficient (Wildman–Crippen LogP) is 6.39. The third kappa shape index (κ3) is 6.93. The summed E-state index contributed by atoms with van der Waals surface area (Å²) in [6.07, 6.45) is 18.7. The summed E-state index contributed by atoms with van der Waals surface area (Å²) in [5.74, 6) is -0.267. The number of carbonyl (C=O) groups is 1. The number of rotatable bonds is 12. The Hall–Kier alpha value is -4.12. The van der Waals surface area contributed by atoms with E-state index < -0.39 is 5.91 Å². The monoisotopic (exact) mass is 471 g/mol. The summed E-state index contributed by atoms with van der Waals surface area (Å²) in [5.41, 5.74) is 12.0. The molecule has 0 aliphatic heterocycles. The van der Waals surface area contributed by atoms with Crippen LogP contribution in [0.25, 0.3) is 11.1 Å². The smallest absolute Gasteiger partial charge is 0.252 e. The Morgan fingerprint density at radius 2 is 1.74 bits per heavy atom. The van der Waals surface area contributed by atoms with Gasteiger partial charge in [0.1, 0.15) is 5.69 Å². The van der Waals surface area contributed by atoms with Crippen molar-refractivity contribution in [2.75, 3.05) is 14.2 Å². The van der Waals surface area contributed by atoms with Crippen LogP contribution in [0.5, 0.6) is 5.75 Å². The fourth-order valence-corrected chi connectivity index (χ4v) is 3.62. The van der Waals surface area contributed by atoms with Crippen LogP contribution in [0.3, 0.4) is 0 Å². The van der Waals surface area contributed by atoms with Crippen LogP contribution in [-0.2, 0) is 0 Å². The number of pyridine rings is 1. The van der Waals surface area contributed by atoms with Gasteiger partial charge in [0.05, 0.1) is 18.4 Å². The molecule has 0 saturated heterocycles. The Labute approximate surface area is 210 Å². The third-order valence-electron chi connectivity index (χ3n) is 5.28. The molecule has 3 N–H and O–H groups in total. The lowest BCUT2D eigenvalue weighted by molar-refractivity contribution is 0.0996. The van der Waals surface area contributed by atoms with Crippen LogP contribution in [0.15, 0.2) is 97.3 Å². The van der Waals surface area contributed by atoms with Crippen LogP contribution in [0.4, 0.5) is 0 Å². The zero-order valence-corrected chi connectivity index (χ0v) is 21.7. The summed E-state index contributed by atoms with van der Waals surface area (Å²) in [7, 11) is 3.31. The third-order valence-corrected chi connectivity index (χ3v) is 5.28. The van der Waals surface area contributed by atoms with E-state index in [1.807, 2.05) is 83.5 Å². The lowest BCUT2D eigenvalue weighted by Crippen LogP contribution is -2.18. The fraction of sp³-hybridized carbons (Fsp3) is 0.200. The van der Waals surface area contributed by atoms with Gasteiger partial charge in [-0.1, -0.05) is 74.4 Å². The summed E-state index contributed by atoms with van der Waals surface area (Å²) in [4.78, 5) is 17.5. The van der Waals surface area contributed by atoms with Crippen molar-refractivity contribution in [3.05, 3.63) is 120 Å². The summed E-state index contributed by atoms with van der Waals surface area (Å²) in [6, 6.07) is 0. The van der Waals surface area contributed by atoms with Crippen molar-refractivity contribution in [2.24, 2.45) is 5.73 Å². The highest BCUT2D eigenvalue weighted by atomic mass is 16.5. The Morgan fingerprint density at radius 1 is 1.06 bits per heavy atom. The molecule has 5 heteroatoms. The van der Waals surface area contributed by atoms with E-state index in [2.05, 4.69) is 25.1 Å². The van der Waals surface area contributed by atoms with Gasteiger partial charge >= 0.3 is 0 Å². The normalized spacial score (nSPS) is 13.3. The molecule has 0 spiro atoms. The highest BCUT2D eigenvalue weighted by Crippen LogP contribution is 2.36. The van der Waals surface area contributed by atoms with Gasteiger partial charge in [0, 0.05) is 18.8 Å². The molecule has 1 amide bonds. The molecular formula is C30H37N3O2. The van der Waals surface area contributed by atoms with Gasteiger partial charge in [-0.2, -0.15) is 0 Å². The lowest BCUT2D eigenvalue weighted by Gasteiger charge is -2.19. The molecule has 1 aromatic rings. The van der Waals surface area contributed by atoms with Crippen molar-refractivity contribution in [1.82, 2.24) is 10.3 Å². The topological polar surface area (TPSA) is 77.2 Å². The van der Waals surface area contributed by atoms with Crippen molar-refractivity contribution in [2.45, 2.75) is 27.7 Å². The van der Waals surface area contributed by atoms with E-state index in [1.54, 1.807) is 12.2 Å². The van der Waals surface area contributed by atoms with Crippen LogP contribution in [0, 0.1) is 6.92 Å². The molecule has 35 heavy (non-hydrogen) atoms. The van der Waals surface area contributed by atoms with E-state index in [1.165, 1.54) is 7.11 Å². The zero-order valence-electron chi connectivity index (χ0n) is 21.7. The minimum Gasteiger partial charge on any atom is -0.494 e. The second-order valence-corrected chi connectivity index (χ2v) is 7.46. The maximum absolute atomic E-state index is 12.6. The average Bonchev–Trinajstić information content (AvgIpc) is 2.84. The molecule has 0 aromatic carbocycles. The van der Waals surface area contributed by atoms with Gasteiger partial charge < -0.3 is 15.8 Å². The lowest BCUT2D eigenvalue weighted by atomic mass is 9.93. The second kappa shape index (κ2) is 14.2. The summed E-state index contributed by atoms with van der Waals surface area (Å²) in [6.45, 7) is 19.4. The van der Waals surface area contributed by atoms with E-state index in [0.717, 1.165) is 27.9 Å². The number of methoxy groups -OCH3 is 1. The number of primary amides is 1. The van der Waals surface area contributed by atoms with Crippen molar-refractivity contribution >= 4 is 17.1 Å². The van der Waals surface area contributed by atoms with Gasteiger partial charge in [0.2, 0.25) is 0 Å². The summed E-state index contributed by atoms with van der Waals surface area (Å²) in [5, 5.41) is 3.03. The first-order valence-electron chi connectivity index (χ1n) is 11.3. The molecule has 184 valence electrons. The van der Waals surface area contributed by atoms with Crippen LogP contribution >= 0.6 is 0 Å². The van der Waals surface area contributed by atoms with Crippen LogP contribution in [0.2, 0.25) is 0 Å². The Morgan fingerprint density at radius 3 is 2.20 bits per heavy atom. The molecule has 1 heterocycles. The maximum Gasteiger partial charge on any atom is 0.252 e. The highest BCUT2D eigenvalue weighted by molar-refractivity contribution is 6.01. The van der Waals surface area contributed by atoms with Crippen molar-refractivity contribution in [3.63, 3.8) is 0 Å². The number of hydrogen-bond acceptors (Lipinski definition) is 4. The molecule has 0 fully saturated rings. The quantitative estimate of drug-likeness (QED) is 0.346. The molecule has 1 rings (SSSR count). The van der Waals surface area contributed by atoms with Crippen LogP contribution in [0.1, 0.15) is 48.1 Å². The number of ether oxygens (including phenoxy) is 1. The minimum absolute atomic E-state index is 0.285. The van der Waals surface area contributed by atoms with Crippen molar-refractivity contribution < 1.29 is 9.53 Å². The van der Waals surface area contributed by atoms with E-state index in [4.69, 9.17) is 15.5 Å². The summed E-state index contributed by atoms with van der Waals surface area (Å²) >= 11 is 0. The number of nitrogens with zero attached hydrogens (tertiary/aromatic N) is 1. The van der Waals surface area contributed by atoms with E-state index in [0.29, 0.717) is 22.7 Å². The Kier molecular flexibility index (Phi) is 11.7. The number of nitrogens with two attached hydrogens (primary N) is 1. The van der Waals surface area contributed by atoms with E-state index in [-0.39, 0.29) is 5.56 Å². The first-order valence-corrected chi connectivity index (χ1v) is 11.3. The largest absolute Gasteiger partial charge is 0.494 e. The molecule has 5 nitrogen and oxygen atoms in total. The summed E-state index contributed by atoms with van der Waals surface area (Å²) < 4.78 is 5.67. The maximum atomic E-state index is 12.6. The standard InChI is InChI=1S/C30H37N3O2/c1-10-15-24(16-11-2)20(6)17-18-22(12-3)28-29(35-9)26(30(31)34)21(7)27(33-28)25(14-5)23(13-4)19-32-8/h10-19,32H,1,4,6H2,2-3,5,7-9H3,(H2,31,34)/b16-11-,18-17-,22-12+,23-19+,24-15+,25-14-. The molecule has 0 radical (unpaired) electrons. The number of aromatic nitrogens is 1. The predicted molar refractivity (Wildman–Crippen MR) is 150 cm³/mol. The van der Waals surface area contributed by atoms with Gasteiger partial charge in [0.15, 0.2) is 5.75 Å². The average molecular weight is 472 g/mol. The SMILES string of the molecule is C=C/C=C(\C=C/C)C(=C)/C=C\C(=C/C)c1nc(C(=C\C)/C(C=C)=C/NC)c(C)c(C(N)=O)c1OC. The van der Waals surface area contributed by atoms with Crippen LogP contribution < -0.4 is 15.8 Å². The van der Waals surface area contributed by atoms with Gasteiger partial charge in [-0.15, -0.1) is 0 Å². The Bertz CT molecular complexity index is 1170. The molecule has 0 atom stereocenters. The number of hydrogen-bond donors (Lipinski definition) is 2. The number of allylic oxidation sites excluding steroid dienone is 14. The molecule has 1 aromatic heterocycles. The molecule has 0 aliphatic carbocycles. The van der Waals surface area contributed by atoms with Gasteiger partial charge in [0.25, 0.3) is 5.91 Å². The molecular weight excluding hydrogens is 434 g/mol. The first kappa shape index (κ1) is 28.9. The molecule has 0 saturated carbocycles. The zero-order chi connectivity index (χ0) is 26.5. The van der Waals surface area contributed by atoms with Gasteiger partial charge in [-0.3, -0.25) is 4.79 Å². The molecule has 0 aliphatic rings. The van der Waals surface area contributed by atoms with Crippen molar-refractivity contribution in [3.8, 4) is 5.75 Å². The molecule has 0 bridgehead atoms. The fourth-order valence-electron chi connectivity index (χ4n) is 3.62. The van der Waals surface area contributed by atoms with Crippen molar-refractivity contribution in [1.29, 1.82) is 0 Å². The second-order valence-electron chi connectivity index (χ2n) is 7.46. The number of amides is 1. The molecule has 0 unspecified atom stereocenters. The minimum atomic E-state index is -0.592. The Balaban J connectivity index is 3.91. The highest BCUT2D eigenvalue weighted by Gasteiger charge is 2.25. The van der Waals surface area contributed by atoms with Gasteiger partial charge in [-0.25, -0.2) is 4.98 Å². The van der Waals surface area contributed by atoms with Gasteiger partial charge in [-0.05, 0) is 55.6 Å². The van der Waals surface area contributed by atoms with Crippen LogP contribution in [-0.4, -0.2) is 25.0 Å². The van der Waals surface area contributed by atoms with E-state index in [9.17, 15) is 4.79 Å².